The molecule has 0 bridgehead atoms. The summed E-state index contributed by atoms with van der Waals surface area (Å²) in [6, 6.07) is 10.9. The van der Waals surface area contributed by atoms with E-state index in [0.717, 1.165) is 5.56 Å². The lowest BCUT2D eigenvalue weighted by molar-refractivity contribution is -0.120. The molecule has 1 amide bonds. The summed E-state index contributed by atoms with van der Waals surface area (Å²) in [5.74, 6) is -0.0792. The number of nitrogens with zero attached hydrogens (tertiary/aromatic N) is 2. The van der Waals surface area contributed by atoms with E-state index in [4.69, 9.17) is 5.73 Å². The van der Waals surface area contributed by atoms with Crippen LogP contribution in [0, 0.1) is 0 Å². The van der Waals surface area contributed by atoms with E-state index in [1.54, 1.807) is 24.5 Å². The maximum atomic E-state index is 12.3. The van der Waals surface area contributed by atoms with Crippen molar-refractivity contribution in [1.82, 2.24) is 9.88 Å². The molecule has 0 aliphatic carbocycles. The summed E-state index contributed by atoms with van der Waals surface area (Å²) >= 11 is 0. The number of nitrogens with one attached hydrogen (secondary N) is 1. The summed E-state index contributed by atoms with van der Waals surface area (Å²) in [7, 11) is 1.92. The van der Waals surface area contributed by atoms with Crippen LogP contribution in [0.4, 0.5) is 11.4 Å². The number of rotatable bonds is 5. The Morgan fingerprint density at radius 2 is 1.95 bits per heavy atom. The Hall–Kier alpha value is -2.40. The van der Waals surface area contributed by atoms with Crippen LogP contribution >= 0.6 is 0 Å². The largest absolute Gasteiger partial charge is 0.397 e. The Bertz CT molecular complexity index is 600. The van der Waals surface area contributed by atoms with Gasteiger partial charge in [-0.1, -0.05) is 12.1 Å². The highest BCUT2D eigenvalue weighted by molar-refractivity contribution is 5.96. The number of para-hydroxylation sites is 2. The third-order valence-electron chi connectivity index (χ3n) is 3.44. The Labute approximate surface area is 124 Å². The molecule has 1 heterocycles. The molecule has 0 aliphatic heterocycles. The number of nitrogen functional groups attached to an aromatic ring is 1. The normalized spacial score (nSPS) is 12.1. The van der Waals surface area contributed by atoms with Gasteiger partial charge in [0.05, 0.1) is 17.4 Å². The zero-order valence-electron chi connectivity index (χ0n) is 12.3. The van der Waals surface area contributed by atoms with Gasteiger partial charge >= 0.3 is 0 Å². The Balaban J connectivity index is 1.97. The van der Waals surface area contributed by atoms with Crippen LogP contribution in [0.2, 0.25) is 0 Å². The number of hydrogen-bond donors (Lipinski definition) is 2. The van der Waals surface area contributed by atoms with E-state index in [9.17, 15) is 4.79 Å². The lowest BCUT2D eigenvalue weighted by Gasteiger charge is -2.24. The molecule has 2 aromatic rings. The molecule has 5 nitrogen and oxygen atoms in total. The van der Waals surface area contributed by atoms with Crippen LogP contribution in [-0.4, -0.2) is 28.9 Å². The van der Waals surface area contributed by atoms with Crippen LogP contribution in [0.1, 0.15) is 12.5 Å². The van der Waals surface area contributed by atoms with Crippen molar-refractivity contribution in [2.45, 2.75) is 19.5 Å². The summed E-state index contributed by atoms with van der Waals surface area (Å²) in [6.07, 6.45) is 3.50. The standard InChI is InChI=1S/C16H20N4O/c1-12(20(2)11-13-7-9-18-10-8-13)16(21)19-15-6-4-3-5-14(15)17/h3-10,12H,11,17H2,1-2H3,(H,19,21). The average molecular weight is 284 g/mol. The molecule has 0 saturated carbocycles. The molecule has 2 rings (SSSR count). The molecule has 5 heteroatoms. The Morgan fingerprint density at radius 3 is 2.62 bits per heavy atom. The number of carbonyl (C=O) groups excluding carboxylic acids is 1. The number of hydrogen-bond acceptors (Lipinski definition) is 4. The molecule has 1 atom stereocenters. The van der Waals surface area contributed by atoms with Crippen LogP contribution in [0.3, 0.4) is 0 Å². The molecule has 0 saturated heterocycles. The van der Waals surface area contributed by atoms with E-state index in [2.05, 4.69) is 10.3 Å². The van der Waals surface area contributed by atoms with E-state index in [1.165, 1.54) is 0 Å². The molecule has 0 radical (unpaired) electrons. The lowest BCUT2D eigenvalue weighted by Crippen LogP contribution is -2.39. The molecule has 3 N–H and O–H groups in total. The van der Waals surface area contributed by atoms with Crippen LogP contribution in [0.5, 0.6) is 0 Å². The number of aromatic nitrogens is 1. The third-order valence-corrected chi connectivity index (χ3v) is 3.44. The predicted octanol–water partition coefficient (Wildman–Crippen LogP) is 2.12. The summed E-state index contributed by atoms with van der Waals surface area (Å²) in [5.41, 5.74) is 8.16. The maximum Gasteiger partial charge on any atom is 0.241 e. The van der Waals surface area contributed by atoms with Crippen LogP contribution in [0.25, 0.3) is 0 Å². The number of benzene rings is 1. The zero-order valence-corrected chi connectivity index (χ0v) is 12.3. The first-order chi connectivity index (χ1) is 10.1. The highest BCUT2D eigenvalue weighted by Gasteiger charge is 2.18. The van der Waals surface area contributed by atoms with Crippen LogP contribution in [-0.2, 0) is 11.3 Å². The van der Waals surface area contributed by atoms with Gasteiger partial charge in [0.25, 0.3) is 0 Å². The van der Waals surface area contributed by atoms with Crippen LogP contribution < -0.4 is 11.1 Å². The van der Waals surface area contributed by atoms with E-state index < -0.39 is 0 Å². The third kappa shape index (κ3) is 4.03. The van der Waals surface area contributed by atoms with Gasteiger partial charge in [-0.15, -0.1) is 0 Å². The monoisotopic (exact) mass is 284 g/mol. The van der Waals surface area contributed by atoms with Crippen molar-refractivity contribution in [1.29, 1.82) is 0 Å². The average Bonchev–Trinajstić information content (AvgIpc) is 2.49. The number of amides is 1. The Kier molecular flexibility index (Phi) is 4.90. The number of likely N-dealkylation sites (N-methyl/N-ethyl adjacent to an activating group) is 1. The fraction of sp³-hybridized carbons (Fsp3) is 0.250. The molecule has 1 unspecified atom stereocenters. The highest BCUT2D eigenvalue weighted by atomic mass is 16.2. The summed E-state index contributed by atoms with van der Waals surface area (Å²) in [5, 5.41) is 2.86. The van der Waals surface area contributed by atoms with E-state index >= 15 is 0 Å². The number of anilines is 2. The number of nitrogens with two attached hydrogens (primary N) is 1. The van der Waals surface area contributed by atoms with Gasteiger partial charge in [-0.25, -0.2) is 0 Å². The molecule has 0 fully saturated rings. The zero-order chi connectivity index (χ0) is 15.2. The van der Waals surface area contributed by atoms with Crippen LogP contribution in [0.15, 0.2) is 48.8 Å². The molecule has 110 valence electrons. The summed E-state index contributed by atoms with van der Waals surface area (Å²) in [6.45, 7) is 2.55. The van der Waals surface area contributed by atoms with Gasteiger partial charge in [-0.2, -0.15) is 0 Å². The molecular weight excluding hydrogens is 264 g/mol. The second-order valence-electron chi connectivity index (χ2n) is 5.02. The minimum absolute atomic E-state index is 0.0792. The van der Waals surface area contributed by atoms with Crippen molar-refractivity contribution in [2.75, 3.05) is 18.1 Å². The molecule has 1 aromatic heterocycles. The molecule has 0 aliphatic rings. The van der Waals surface area contributed by atoms with Gasteiger partial charge in [0.1, 0.15) is 0 Å². The summed E-state index contributed by atoms with van der Waals surface area (Å²) < 4.78 is 0. The first-order valence-electron chi connectivity index (χ1n) is 6.82. The quantitative estimate of drug-likeness (QED) is 0.825. The smallest absolute Gasteiger partial charge is 0.241 e. The van der Waals surface area contributed by atoms with Gasteiger partial charge in [0, 0.05) is 18.9 Å². The first kappa shape index (κ1) is 15.0. The minimum Gasteiger partial charge on any atom is -0.397 e. The molecular formula is C16H20N4O. The second-order valence-corrected chi connectivity index (χ2v) is 5.02. The molecule has 21 heavy (non-hydrogen) atoms. The minimum atomic E-state index is -0.266. The van der Waals surface area contributed by atoms with Crippen molar-refractivity contribution >= 4 is 17.3 Å². The van der Waals surface area contributed by atoms with E-state index in [1.807, 2.05) is 43.1 Å². The fourth-order valence-corrected chi connectivity index (χ4v) is 1.96. The van der Waals surface area contributed by atoms with E-state index in [-0.39, 0.29) is 11.9 Å². The van der Waals surface area contributed by atoms with Gasteiger partial charge in [0.2, 0.25) is 5.91 Å². The van der Waals surface area contributed by atoms with Gasteiger partial charge in [0.15, 0.2) is 0 Å². The topological polar surface area (TPSA) is 71.2 Å². The number of pyridine rings is 1. The van der Waals surface area contributed by atoms with Crippen molar-refractivity contribution in [3.05, 3.63) is 54.4 Å². The molecule has 1 aromatic carbocycles. The highest BCUT2D eigenvalue weighted by Crippen LogP contribution is 2.17. The van der Waals surface area contributed by atoms with E-state index in [0.29, 0.717) is 17.9 Å². The van der Waals surface area contributed by atoms with Crippen molar-refractivity contribution in [3.8, 4) is 0 Å². The number of carbonyl (C=O) groups is 1. The second kappa shape index (κ2) is 6.85. The van der Waals surface area contributed by atoms with Gasteiger partial charge in [-0.3, -0.25) is 14.7 Å². The molecule has 0 spiro atoms. The predicted molar refractivity (Wildman–Crippen MR) is 84.7 cm³/mol. The van der Waals surface area contributed by atoms with Crippen molar-refractivity contribution in [2.24, 2.45) is 0 Å². The van der Waals surface area contributed by atoms with Crippen molar-refractivity contribution < 1.29 is 4.79 Å². The van der Waals surface area contributed by atoms with Gasteiger partial charge in [-0.05, 0) is 43.8 Å². The lowest BCUT2D eigenvalue weighted by atomic mass is 10.2. The van der Waals surface area contributed by atoms with Crippen molar-refractivity contribution in [3.63, 3.8) is 0 Å². The van der Waals surface area contributed by atoms with Gasteiger partial charge < -0.3 is 11.1 Å². The summed E-state index contributed by atoms with van der Waals surface area (Å²) in [4.78, 5) is 18.2. The Morgan fingerprint density at radius 1 is 1.29 bits per heavy atom. The fourth-order valence-electron chi connectivity index (χ4n) is 1.96. The SMILES string of the molecule is CC(C(=O)Nc1ccccc1N)N(C)Cc1ccncc1. The first-order valence-corrected chi connectivity index (χ1v) is 6.82. The maximum absolute atomic E-state index is 12.3.